The summed E-state index contributed by atoms with van der Waals surface area (Å²) in [6.45, 7) is 4.51. The number of carbonyl (C=O) groups excluding carboxylic acids is 2. The summed E-state index contributed by atoms with van der Waals surface area (Å²) >= 11 is 7.33. The van der Waals surface area contributed by atoms with Gasteiger partial charge in [0.25, 0.3) is 0 Å². The molecule has 0 aliphatic carbocycles. The minimum atomic E-state index is -0.211. The van der Waals surface area contributed by atoms with Crippen molar-refractivity contribution in [1.29, 1.82) is 0 Å². The van der Waals surface area contributed by atoms with Gasteiger partial charge in [-0.05, 0) is 60.5 Å². The van der Waals surface area contributed by atoms with Gasteiger partial charge >= 0.3 is 0 Å². The molecule has 35 heavy (non-hydrogen) atoms. The second-order valence-corrected chi connectivity index (χ2v) is 11.3. The van der Waals surface area contributed by atoms with Crippen LogP contribution in [0.1, 0.15) is 30.6 Å². The molecule has 2 amide bonds. The number of nitrogens with zero attached hydrogens (tertiary/aromatic N) is 3. The number of thiocarbonyl (C=S) groups is 1. The highest BCUT2D eigenvalue weighted by Crippen LogP contribution is 2.41. The van der Waals surface area contributed by atoms with Gasteiger partial charge < -0.3 is 24.8 Å². The van der Waals surface area contributed by atoms with Crippen molar-refractivity contribution >= 4 is 46.2 Å². The molecule has 0 radical (unpaired) electrons. The zero-order chi connectivity index (χ0) is 24.4. The summed E-state index contributed by atoms with van der Waals surface area (Å²) in [5.41, 5.74) is 1.09. The number of nitrogens with one attached hydrogen (secondary N) is 1. The fourth-order valence-electron chi connectivity index (χ4n) is 5.56. The highest BCUT2D eigenvalue weighted by molar-refractivity contribution is 7.80. The molecular formula is C26H32N4O3S2. The fourth-order valence-corrected chi connectivity index (χ4v) is 6.58. The monoisotopic (exact) mass is 512 g/mol. The van der Waals surface area contributed by atoms with Crippen LogP contribution in [0.4, 0.5) is 5.69 Å². The standard InChI is InChI=1S/C26H32N4O3S2/c1-33-21-5-2-4-20(15-21)27-25(34)28-10-7-26(8-11-28)9-12-29(18-26)24(32)19-14-23(31)30(16-19)17-22-6-3-13-35-22/h2-6,13,15,19H,7-12,14,16-18H2,1H3,(H,27,34). The largest absolute Gasteiger partial charge is 0.497 e. The van der Waals surface area contributed by atoms with Crippen LogP contribution in [0.15, 0.2) is 41.8 Å². The van der Waals surface area contributed by atoms with Gasteiger partial charge in [-0.2, -0.15) is 0 Å². The van der Waals surface area contributed by atoms with Crippen LogP contribution in [0.25, 0.3) is 0 Å². The van der Waals surface area contributed by atoms with Crippen LogP contribution in [0.5, 0.6) is 5.75 Å². The van der Waals surface area contributed by atoms with Crippen LogP contribution in [0.2, 0.25) is 0 Å². The van der Waals surface area contributed by atoms with Crippen LogP contribution in [0.3, 0.4) is 0 Å². The normalized spacial score (nSPS) is 21.6. The predicted molar refractivity (Wildman–Crippen MR) is 141 cm³/mol. The van der Waals surface area contributed by atoms with E-state index in [1.54, 1.807) is 18.4 Å². The number of benzene rings is 1. The number of thiophene rings is 1. The maximum atomic E-state index is 13.3. The molecule has 1 aromatic heterocycles. The van der Waals surface area contributed by atoms with E-state index in [-0.39, 0.29) is 23.1 Å². The van der Waals surface area contributed by atoms with Crippen molar-refractivity contribution in [3.8, 4) is 5.75 Å². The van der Waals surface area contributed by atoms with Crippen molar-refractivity contribution in [2.24, 2.45) is 11.3 Å². The number of ether oxygens (including phenoxy) is 1. The van der Waals surface area contributed by atoms with E-state index in [9.17, 15) is 9.59 Å². The van der Waals surface area contributed by atoms with Crippen molar-refractivity contribution in [2.75, 3.05) is 45.2 Å². The molecular weight excluding hydrogens is 480 g/mol. The molecule has 0 saturated carbocycles. The molecule has 1 N–H and O–H groups in total. The first-order valence-electron chi connectivity index (χ1n) is 12.2. The third-order valence-corrected chi connectivity index (χ3v) is 8.89. The van der Waals surface area contributed by atoms with Crippen LogP contribution in [-0.2, 0) is 16.1 Å². The van der Waals surface area contributed by atoms with E-state index < -0.39 is 0 Å². The van der Waals surface area contributed by atoms with Crippen LogP contribution in [0, 0.1) is 11.3 Å². The Morgan fingerprint density at radius 1 is 1.17 bits per heavy atom. The van der Waals surface area contributed by atoms with Crippen molar-refractivity contribution in [2.45, 2.75) is 32.2 Å². The van der Waals surface area contributed by atoms with Crippen LogP contribution >= 0.6 is 23.6 Å². The lowest BCUT2D eigenvalue weighted by Crippen LogP contribution is -2.46. The molecule has 7 nitrogen and oxygen atoms in total. The molecule has 1 unspecified atom stereocenters. The van der Waals surface area contributed by atoms with E-state index >= 15 is 0 Å². The minimum Gasteiger partial charge on any atom is -0.497 e. The molecule has 5 rings (SSSR count). The Hall–Kier alpha value is -2.65. The summed E-state index contributed by atoms with van der Waals surface area (Å²) < 4.78 is 5.30. The third-order valence-electron chi connectivity index (χ3n) is 7.67. The highest BCUT2D eigenvalue weighted by Gasteiger charge is 2.45. The van der Waals surface area contributed by atoms with Crippen molar-refractivity contribution in [1.82, 2.24) is 14.7 Å². The Balaban J connectivity index is 1.12. The average molecular weight is 513 g/mol. The van der Waals surface area contributed by atoms with E-state index in [0.717, 1.165) is 66.9 Å². The maximum Gasteiger partial charge on any atom is 0.228 e. The number of carbonyl (C=O) groups is 2. The molecule has 9 heteroatoms. The van der Waals surface area contributed by atoms with Crippen LogP contribution < -0.4 is 10.1 Å². The van der Waals surface area contributed by atoms with E-state index in [0.29, 0.717) is 19.5 Å². The van der Waals surface area contributed by atoms with E-state index in [1.807, 2.05) is 51.6 Å². The van der Waals surface area contributed by atoms with Crippen molar-refractivity contribution in [3.05, 3.63) is 46.7 Å². The van der Waals surface area contributed by atoms with Gasteiger partial charge in [-0.1, -0.05) is 12.1 Å². The summed E-state index contributed by atoms with van der Waals surface area (Å²) in [5.74, 6) is 0.833. The second-order valence-electron chi connectivity index (χ2n) is 9.91. The Labute approximate surface area is 216 Å². The summed E-state index contributed by atoms with van der Waals surface area (Å²) in [5, 5.41) is 6.08. The number of likely N-dealkylation sites (tertiary alicyclic amines) is 3. The van der Waals surface area contributed by atoms with Crippen molar-refractivity contribution in [3.63, 3.8) is 0 Å². The van der Waals surface area contributed by atoms with Crippen molar-refractivity contribution < 1.29 is 14.3 Å². The van der Waals surface area contributed by atoms with E-state index in [4.69, 9.17) is 17.0 Å². The van der Waals surface area contributed by atoms with Gasteiger partial charge in [0.05, 0.1) is 19.6 Å². The Bertz CT molecular complexity index is 1080. The molecule has 2 aromatic rings. The van der Waals surface area contributed by atoms with Gasteiger partial charge in [0.15, 0.2) is 5.11 Å². The SMILES string of the molecule is COc1cccc(NC(=S)N2CCC3(CCN(C(=O)C4CC(=O)N(Cc5cccs5)C4)C3)CC2)c1. The first-order chi connectivity index (χ1) is 16.9. The predicted octanol–water partition coefficient (Wildman–Crippen LogP) is 3.82. The lowest BCUT2D eigenvalue weighted by Gasteiger charge is -2.40. The van der Waals surface area contributed by atoms with Gasteiger partial charge in [-0.3, -0.25) is 9.59 Å². The number of piperidine rings is 1. The third kappa shape index (κ3) is 5.30. The maximum absolute atomic E-state index is 13.3. The summed E-state index contributed by atoms with van der Waals surface area (Å²) in [6, 6.07) is 11.8. The first-order valence-corrected chi connectivity index (χ1v) is 13.5. The zero-order valence-electron chi connectivity index (χ0n) is 20.1. The van der Waals surface area contributed by atoms with E-state index in [1.165, 1.54) is 0 Å². The topological polar surface area (TPSA) is 65.1 Å². The number of hydrogen-bond donors (Lipinski definition) is 1. The second kappa shape index (κ2) is 10.1. The Morgan fingerprint density at radius 3 is 2.66 bits per heavy atom. The molecule has 1 atom stereocenters. The molecule has 4 heterocycles. The lowest BCUT2D eigenvalue weighted by molar-refractivity contribution is -0.135. The molecule has 3 aliphatic rings. The quantitative estimate of drug-likeness (QED) is 0.615. The summed E-state index contributed by atoms with van der Waals surface area (Å²) in [4.78, 5) is 33.1. The van der Waals surface area contributed by atoms with Gasteiger partial charge in [-0.15, -0.1) is 11.3 Å². The van der Waals surface area contributed by atoms with Gasteiger partial charge in [0, 0.05) is 55.8 Å². The highest BCUT2D eigenvalue weighted by atomic mass is 32.1. The number of methoxy groups -OCH3 is 1. The Morgan fingerprint density at radius 2 is 1.94 bits per heavy atom. The van der Waals surface area contributed by atoms with Crippen LogP contribution in [-0.4, -0.2) is 71.5 Å². The molecule has 3 saturated heterocycles. The molecule has 1 spiro atoms. The van der Waals surface area contributed by atoms with E-state index in [2.05, 4.69) is 10.2 Å². The smallest absolute Gasteiger partial charge is 0.228 e. The number of rotatable bonds is 5. The average Bonchev–Trinajstić information content (AvgIpc) is 3.61. The fraction of sp³-hybridized carbons (Fsp3) is 0.500. The molecule has 3 fully saturated rings. The lowest BCUT2D eigenvalue weighted by atomic mass is 9.78. The van der Waals surface area contributed by atoms with Gasteiger partial charge in [-0.25, -0.2) is 0 Å². The number of amides is 2. The summed E-state index contributed by atoms with van der Waals surface area (Å²) in [7, 11) is 1.66. The molecule has 186 valence electrons. The van der Waals surface area contributed by atoms with Gasteiger partial charge in [0.2, 0.25) is 11.8 Å². The zero-order valence-corrected chi connectivity index (χ0v) is 21.7. The molecule has 0 bridgehead atoms. The summed E-state index contributed by atoms with van der Waals surface area (Å²) in [6.07, 6.45) is 3.41. The number of anilines is 1. The number of hydrogen-bond acceptors (Lipinski definition) is 5. The van der Waals surface area contributed by atoms with Gasteiger partial charge in [0.1, 0.15) is 5.75 Å². The minimum absolute atomic E-state index is 0.0935. The molecule has 1 aromatic carbocycles. The first kappa shape index (κ1) is 24.1. The molecule has 3 aliphatic heterocycles. The Kier molecular flexibility index (Phi) is 6.98.